The average Bonchev–Trinajstić information content (AvgIpc) is 3.16. The summed E-state index contributed by atoms with van der Waals surface area (Å²) in [5.74, 6) is 1.26. The van der Waals surface area contributed by atoms with Crippen LogP contribution in [0.2, 0.25) is 0 Å². The molecule has 1 fully saturated rings. The van der Waals surface area contributed by atoms with Crippen LogP contribution >= 0.6 is 15.9 Å². The van der Waals surface area contributed by atoms with Gasteiger partial charge in [0.15, 0.2) is 18.1 Å². The van der Waals surface area contributed by atoms with Crippen LogP contribution in [0.4, 0.5) is 4.39 Å². The first-order chi connectivity index (χ1) is 13.0. The number of carbonyl (C=O) groups excluding carboxylic acids is 1. The highest BCUT2D eigenvalue weighted by Crippen LogP contribution is 2.37. The van der Waals surface area contributed by atoms with Gasteiger partial charge in [0, 0.05) is 6.54 Å². The number of hydrogen-bond donors (Lipinski definition) is 0. The summed E-state index contributed by atoms with van der Waals surface area (Å²) in [7, 11) is 3.18. The molecule has 0 aromatic heterocycles. The lowest BCUT2D eigenvalue weighted by Crippen LogP contribution is -2.34. The third-order valence-corrected chi connectivity index (χ3v) is 5.23. The molecule has 1 atom stereocenters. The molecule has 0 radical (unpaired) electrons. The van der Waals surface area contributed by atoms with E-state index in [-0.39, 0.29) is 24.4 Å². The number of benzene rings is 2. The number of amides is 1. The van der Waals surface area contributed by atoms with Gasteiger partial charge >= 0.3 is 0 Å². The highest BCUT2D eigenvalue weighted by molar-refractivity contribution is 9.10. The summed E-state index contributed by atoms with van der Waals surface area (Å²) in [6.07, 6.45) is 1.80. The predicted octanol–water partition coefficient (Wildman–Crippen LogP) is 4.35. The molecular weight excluding hydrogens is 417 g/mol. The molecule has 1 aliphatic rings. The minimum atomic E-state index is -0.367. The molecule has 1 aliphatic heterocycles. The van der Waals surface area contributed by atoms with Crippen molar-refractivity contribution in [2.24, 2.45) is 0 Å². The van der Waals surface area contributed by atoms with Crippen LogP contribution in [0.15, 0.2) is 40.9 Å². The van der Waals surface area contributed by atoms with E-state index >= 15 is 0 Å². The molecule has 0 saturated carbocycles. The zero-order valence-electron chi connectivity index (χ0n) is 15.2. The van der Waals surface area contributed by atoms with Crippen LogP contribution in [0, 0.1) is 5.82 Å². The van der Waals surface area contributed by atoms with Gasteiger partial charge in [0.1, 0.15) is 11.6 Å². The first kappa shape index (κ1) is 19.5. The Morgan fingerprint density at radius 1 is 1.15 bits per heavy atom. The molecule has 3 rings (SSSR count). The van der Waals surface area contributed by atoms with Crippen LogP contribution < -0.4 is 14.2 Å². The van der Waals surface area contributed by atoms with Crippen LogP contribution in [-0.2, 0) is 4.79 Å². The molecule has 0 spiro atoms. The van der Waals surface area contributed by atoms with Crippen molar-refractivity contribution >= 4 is 21.8 Å². The maximum Gasteiger partial charge on any atom is 0.261 e. The van der Waals surface area contributed by atoms with Gasteiger partial charge in [0.05, 0.1) is 24.7 Å². The Morgan fingerprint density at radius 3 is 2.59 bits per heavy atom. The van der Waals surface area contributed by atoms with E-state index in [2.05, 4.69) is 15.9 Å². The number of carbonyl (C=O) groups is 1. The van der Waals surface area contributed by atoms with Gasteiger partial charge in [-0.2, -0.15) is 0 Å². The fourth-order valence-electron chi connectivity index (χ4n) is 3.29. The monoisotopic (exact) mass is 437 g/mol. The van der Waals surface area contributed by atoms with Gasteiger partial charge in [0.2, 0.25) is 0 Å². The van der Waals surface area contributed by atoms with E-state index in [4.69, 9.17) is 14.2 Å². The molecule has 0 aliphatic carbocycles. The lowest BCUT2D eigenvalue weighted by Gasteiger charge is -2.26. The summed E-state index contributed by atoms with van der Waals surface area (Å²) in [6.45, 7) is 0.569. The first-order valence-corrected chi connectivity index (χ1v) is 9.42. The Morgan fingerprint density at radius 2 is 1.89 bits per heavy atom. The summed E-state index contributed by atoms with van der Waals surface area (Å²) in [6, 6.07) is 9.79. The molecule has 0 unspecified atom stereocenters. The molecule has 1 heterocycles. The number of hydrogen-bond acceptors (Lipinski definition) is 4. The molecule has 0 N–H and O–H groups in total. The highest BCUT2D eigenvalue weighted by Gasteiger charge is 2.30. The lowest BCUT2D eigenvalue weighted by molar-refractivity contribution is -0.134. The van der Waals surface area contributed by atoms with E-state index in [9.17, 15) is 9.18 Å². The lowest BCUT2D eigenvalue weighted by atomic mass is 10.0. The molecule has 144 valence electrons. The number of nitrogens with zero attached hydrogens (tertiary/aromatic N) is 1. The fraction of sp³-hybridized carbons (Fsp3) is 0.350. The maximum atomic E-state index is 13.2. The van der Waals surface area contributed by atoms with E-state index in [0.717, 1.165) is 18.4 Å². The number of methoxy groups -OCH3 is 2. The zero-order chi connectivity index (χ0) is 19.4. The summed E-state index contributed by atoms with van der Waals surface area (Å²) in [4.78, 5) is 14.5. The van der Waals surface area contributed by atoms with Crippen LogP contribution in [0.25, 0.3) is 0 Å². The summed E-state index contributed by atoms with van der Waals surface area (Å²) < 4.78 is 29.9. The average molecular weight is 438 g/mol. The van der Waals surface area contributed by atoms with Gasteiger partial charge in [-0.05, 0) is 64.7 Å². The van der Waals surface area contributed by atoms with E-state index in [1.807, 2.05) is 23.1 Å². The van der Waals surface area contributed by atoms with Crippen molar-refractivity contribution in [2.75, 3.05) is 27.4 Å². The molecule has 5 nitrogen and oxygen atoms in total. The standard InChI is InChI=1S/C20H21BrFNO4/c1-25-18-7-5-13(10-19(18)26-2)16-4-3-9-23(16)20(24)12-27-17-8-6-14(22)11-15(17)21/h5-8,10-11,16H,3-4,9,12H2,1-2H3/t16-/m1/s1. The van der Waals surface area contributed by atoms with Gasteiger partial charge in [-0.1, -0.05) is 6.07 Å². The summed E-state index contributed by atoms with van der Waals surface area (Å²) in [5, 5.41) is 0. The highest BCUT2D eigenvalue weighted by atomic mass is 79.9. The van der Waals surface area contributed by atoms with Crippen LogP contribution in [0.3, 0.4) is 0 Å². The van der Waals surface area contributed by atoms with Gasteiger partial charge in [-0.15, -0.1) is 0 Å². The first-order valence-electron chi connectivity index (χ1n) is 8.62. The summed E-state index contributed by atoms with van der Waals surface area (Å²) in [5.41, 5.74) is 1.00. The van der Waals surface area contributed by atoms with Crippen molar-refractivity contribution < 1.29 is 23.4 Å². The molecule has 0 bridgehead atoms. The van der Waals surface area contributed by atoms with Crippen LogP contribution in [-0.4, -0.2) is 38.2 Å². The Bertz CT molecular complexity index is 830. The van der Waals surface area contributed by atoms with Gasteiger partial charge in [-0.3, -0.25) is 4.79 Å². The Kier molecular flexibility index (Phi) is 6.21. The molecule has 7 heteroatoms. The number of halogens is 2. The Labute approximate surface area is 166 Å². The molecule has 1 saturated heterocycles. The van der Waals surface area contributed by atoms with E-state index in [1.54, 1.807) is 14.2 Å². The van der Waals surface area contributed by atoms with Crippen molar-refractivity contribution in [3.05, 3.63) is 52.3 Å². The minimum Gasteiger partial charge on any atom is -0.493 e. The fourth-order valence-corrected chi connectivity index (χ4v) is 3.75. The van der Waals surface area contributed by atoms with Gasteiger partial charge in [-0.25, -0.2) is 4.39 Å². The molecule has 2 aromatic carbocycles. The second-order valence-corrected chi connectivity index (χ2v) is 7.08. The van der Waals surface area contributed by atoms with Crippen LogP contribution in [0.1, 0.15) is 24.4 Å². The Hall–Kier alpha value is -2.28. The number of ether oxygens (including phenoxy) is 3. The molecule has 1 amide bonds. The molecular formula is C20H21BrFNO4. The summed E-state index contributed by atoms with van der Waals surface area (Å²) >= 11 is 3.24. The van der Waals surface area contributed by atoms with Crippen molar-refractivity contribution in [1.82, 2.24) is 4.90 Å². The quantitative estimate of drug-likeness (QED) is 0.673. The van der Waals surface area contributed by atoms with Crippen molar-refractivity contribution in [3.8, 4) is 17.2 Å². The van der Waals surface area contributed by atoms with Crippen molar-refractivity contribution in [2.45, 2.75) is 18.9 Å². The van der Waals surface area contributed by atoms with E-state index in [0.29, 0.717) is 28.3 Å². The zero-order valence-corrected chi connectivity index (χ0v) is 16.8. The van der Waals surface area contributed by atoms with Crippen molar-refractivity contribution in [1.29, 1.82) is 0 Å². The van der Waals surface area contributed by atoms with Gasteiger partial charge < -0.3 is 19.1 Å². The maximum absolute atomic E-state index is 13.2. The largest absolute Gasteiger partial charge is 0.493 e. The smallest absolute Gasteiger partial charge is 0.261 e. The third-order valence-electron chi connectivity index (χ3n) is 4.61. The normalized spacial score (nSPS) is 16.3. The SMILES string of the molecule is COc1ccc([C@H]2CCCN2C(=O)COc2ccc(F)cc2Br)cc1OC. The van der Waals surface area contributed by atoms with E-state index < -0.39 is 0 Å². The number of likely N-dealkylation sites (tertiary alicyclic amines) is 1. The van der Waals surface area contributed by atoms with Gasteiger partial charge in [0.25, 0.3) is 5.91 Å². The van der Waals surface area contributed by atoms with E-state index in [1.165, 1.54) is 18.2 Å². The Balaban J connectivity index is 1.71. The minimum absolute atomic E-state index is 0.0300. The predicted molar refractivity (Wildman–Crippen MR) is 103 cm³/mol. The third kappa shape index (κ3) is 4.35. The second kappa shape index (κ2) is 8.61. The second-order valence-electron chi connectivity index (χ2n) is 6.22. The topological polar surface area (TPSA) is 48.0 Å². The molecule has 27 heavy (non-hydrogen) atoms. The number of rotatable bonds is 6. The molecule has 2 aromatic rings. The van der Waals surface area contributed by atoms with Crippen molar-refractivity contribution in [3.63, 3.8) is 0 Å². The van der Waals surface area contributed by atoms with Crippen LogP contribution in [0.5, 0.6) is 17.2 Å².